The van der Waals surface area contributed by atoms with E-state index in [-0.39, 0.29) is 5.75 Å². The predicted octanol–water partition coefficient (Wildman–Crippen LogP) is 2.59. The van der Waals surface area contributed by atoms with Crippen LogP contribution < -0.4 is 10.0 Å². The lowest BCUT2D eigenvalue weighted by molar-refractivity contribution is -0.136. The van der Waals surface area contributed by atoms with E-state index in [1.807, 2.05) is 4.72 Å². The predicted molar refractivity (Wildman–Crippen MR) is 74.5 cm³/mol. The Morgan fingerprint density at radius 1 is 1.19 bits per heavy atom. The van der Waals surface area contributed by atoms with Crippen molar-refractivity contribution >= 4 is 15.7 Å². The highest BCUT2D eigenvalue weighted by Crippen LogP contribution is 2.34. The van der Waals surface area contributed by atoms with Gasteiger partial charge in [-0.15, -0.1) is 0 Å². The molecule has 1 aliphatic carbocycles. The molecule has 0 bridgehead atoms. The van der Waals surface area contributed by atoms with Gasteiger partial charge in [0.15, 0.2) is 0 Å². The number of alkyl halides is 3. The number of hydrogen-bond acceptors (Lipinski definition) is 3. The van der Waals surface area contributed by atoms with Crippen LogP contribution in [0.25, 0.3) is 0 Å². The van der Waals surface area contributed by atoms with Gasteiger partial charge in [-0.25, -0.2) is 8.42 Å². The first-order valence-electron chi connectivity index (χ1n) is 6.68. The summed E-state index contributed by atoms with van der Waals surface area (Å²) in [5.74, 6) is -0.209. The lowest BCUT2D eigenvalue weighted by Gasteiger charge is -2.14. The van der Waals surface area contributed by atoms with Crippen molar-refractivity contribution in [2.75, 3.05) is 17.0 Å². The first-order valence-corrected chi connectivity index (χ1v) is 8.33. The number of sulfonamides is 1. The number of rotatable bonds is 7. The molecule has 1 fully saturated rings. The highest BCUT2D eigenvalue weighted by molar-refractivity contribution is 7.92. The van der Waals surface area contributed by atoms with Crippen LogP contribution >= 0.6 is 0 Å². The molecular weight excluding hydrogens is 305 g/mol. The van der Waals surface area contributed by atoms with E-state index < -0.39 is 27.5 Å². The second-order valence-electron chi connectivity index (χ2n) is 5.05. The van der Waals surface area contributed by atoms with Crippen LogP contribution in [0.5, 0.6) is 0 Å². The molecule has 0 heterocycles. The maximum atomic E-state index is 12.8. The number of benzene rings is 1. The van der Waals surface area contributed by atoms with Gasteiger partial charge in [0.05, 0.1) is 17.0 Å². The van der Waals surface area contributed by atoms with Crippen LogP contribution in [0, 0.1) is 0 Å². The van der Waals surface area contributed by atoms with Crippen LogP contribution in [0.4, 0.5) is 18.9 Å². The third-order valence-electron chi connectivity index (χ3n) is 3.10. The van der Waals surface area contributed by atoms with Crippen LogP contribution in [0.1, 0.15) is 24.8 Å². The Balaban J connectivity index is 1.95. The molecule has 8 heteroatoms. The fraction of sp³-hybridized carbons (Fsp3) is 0.538. The number of anilines is 1. The molecule has 1 aromatic carbocycles. The van der Waals surface area contributed by atoms with E-state index in [0.29, 0.717) is 19.0 Å². The minimum Gasteiger partial charge on any atom is -0.314 e. The highest BCUT2D eigenvalue weighted by atomic mass is 32.2. The summed E-state index contributed by atoms with van der Waals surface area (Å²) < 4.78 is 64.0. The molecule has 0 radical (unpaired) electrons. The van der Waals surface area contributed by atoms with Gasteiger partial charge in [0.2, 0.25) is 10.0 Å². The van der Waals surface area contributed by atoms with E-state index in [9.17, 15) is 21.6 Å². The summed E-state index contributed by atoms with van der Waals surface area (Å²) in [6.07, 6.45) is -2.03. The Bertz CT molecular complexity index is 583. The third-order valence-corrected chi connectivity index (χ3v) is 4.46. The van der Waals surface area contributed by atoms with Crippen LogP contribution in [0.15, 0.2) is 24.3 Å². The van der Waals surface area contributed by atoms with E-state index in [1.54, 1.807) is 0 Å². The van der Waals surface area contributed by atoms with Crippen molar-refractivity contribution in [3.05, 3.63) is 29.8 Å². The van der Waals surface area contributed by atoms with Crippen molar-refractivity contribution < 1.29 is 21.6 Å². The first kappa shape index (κ1) is 16.1. The van der Waals surface area contributed by atoms with E-state index >= 15 is 0 Å². The van der Waals surface area contributed by atoms with Gasteiger partial charge in [-0.3, -0.25) is 4.72 Å². The third kappa shape index (κ3) is 5.20. The van der Waals surface area contributed by atoms with Gasteiger partial charge in [-0.05, 0) is 37.9 Å². The van der Waals surface area contributed by atoms with Gasteiger partial charge >= 0.3 is 6.18 Å². The molecule has 1 saturated carbocycles. The molecule has 2 N–H and O–H groups in total. The number of para-hydroxylation sites is 1. The van der Waals surface area contributed by atoms with Crippen molar-refractivity contribution in [3.8, 4) is 0 Å². The number of halogens is 3. The van der Waals surface area contributed by atoms with Crippen molar-refractivity contribution in [2.24, 2.45) is 0 Å². The van der Waals surface area contributed by atoms with Crippen molar-refractivity contribution in [1.29, 1.82) is 0 Å². The summed E-state index contributed by atoms with van der Waals surface area (Å²) in [4.78, 5) is 0. The van der Waals surface area contributed by atoms with E-state index in [2.05, 4.69) is 5.32 Å². The number of nitrogens with one attached hydrogen (secondary N) is 2. The van der Waals surface area contributed by atoms with Gasteiger partial charge in [-0.2, -0.15) is 13.2 Å². The molecule has 0 spiro atoms. The van der Waals surface area contributed by atoms with Gasteiger partial charge < -0.3 is 5.32 Å². The molecule has 0 aliphatic heterocycles. The largest absolute Gasteiger partial charge is 0.418 e. The Kier molecular flexibility index (Phi) is 4.77. The molecule has 0 amide bonds. The minimum absolute atomic E-state index is 0.209. The van der Waals surface area contributed by atoms with Crippen LogP contribution in [-0.4, -0.2) is 26.8 Å². The van der Waals surface area contributed by atoms with E-state index in [0.717, 1.165) is 25.0 Å². The second-order valence-corrected chi connectivity index (χ2v) is 6.89. The Labute approximate surface area is 121 Å². The molecule has 21 heavy (non-hydrogen) atoms. The Morgan fingerprint density at radius 3 is 2.48 bits per heavy atom. The number of hydrogen-bond donors (Lipinski definition) is 2. The molecule has 0 atom stereocenters. The summed E-state index contributed by atoms with van der Waals surface area (Å²) in [6, 6.07) is 5.03. The van der Waals surface area contributed by atoms with Crippen molar-refractivity contribution in [1.82, 2.24) is 5.32 Å². The second kappa shape index (κ2) is 6.23. The molecule has 1 aromatic rings. The fourth-order valence-corrected chi connectivity index (χ4v) is 3.03. The van der Waals surface area contributed by atoms with Gasteiger partial charge in [0.1, 0.15) is 0 Å². The summed E-state index contributed by atoms with van der Waals surface area (Å²) in [5.41, 5.74) is -1.41. The monoisotopic (exact) mass is 322 g/mol. The SMILES string of the molecule is O=S(=O)(CCCNC1CC1)Nc1ccccc1C(F)(F)F. The molecular formula is C13H17F3N2O2S. The average molecular weight is 322 g/mol. The molecule has 118 valence electrons. The zero-order valence-electron chi connectivity index (χ0n) is 11.3. The lowest BCUT2D eigenvalue weighted by Crippen LogP contribution is -2.24. The smallest absolute Gasteiger partial charge is 0.314 e. The van der Waals surface area contributed by atoms with E-state index in [1.165, 1.54) is 12.1 Å². The van der Waals surface area contributed by atoms with Crippen molar-refractivity contribution in [3.63, 3.8) is 0 Å². The molecule has 0 aromatic heterocycles. The van der Waals surface area contributed by atoms with Gasteiger partial charge in [0, 0.05) is 6.04 Å². The molecule has 1 aliphatic rings. The fourth-order valence-electron chi connectivity index (χ4n) is 1.89. The normalized spacial score (nSPS) is 16.0. The zero-order valence-corrected chi connectivity index (χ0v) is 12.1. The molecule has 4 nitrogen and oxygen atoms in total. The summed E-state index contributed by atoms with van der Waals surface area (Å²) in [6.45, 7) is 0.548. The van der Waals surface area contributed by atoms with Crippen molar-refractivity contribution in [2.45, 2.75) is 31.5 Å². The standard InChI is InChI=1S/C13H17F3N2O2S/c14-13(15,16)11-4-1-2-5-12(11)18-21(19,20)9-3-8-17-10-6-7-10/h1-2,4-5,10,17-18H,3,6-9H2. The molecule has 0 saturated heterocycles. The lowest BCUT2D eigenvalue weighted by atomic mass is 10.2. The Morgan fingerprint density at radius 2 is 1.86 bits per heavy atom. The van der Waals surface area contributed by atoms with Gasteiger partial charge in [-0.1, -0.05) is 12.1 Å². The maximum absolute atomic E-state index is 12.8. The summed E-state index contributed by atoms with van der Waals surface area (Å²) in [7, 11) is -3.78. The Hall–Kier alpha value is -1.28. The maximum Gasteiger partial charge on any atom is 0.418 e. The zero-order chi connectivity index (χ0) is 15.5. The van der Waals surface area contributed by atoms with Crippen LogP contribution in [0.3, 0.4) is 0 Å². The first-order chi connectivity index (χ1) is 9.78. The minimum atomic E-state index is -4.59. The van der Waals surface area contributed by atoms with Crippen LogP contribution in [0.2, 0.25) is 0 Å². The highest BCUT2D eigenvalue weighted by Gasteiger charge is 2.34. The van der Waals surface area contributed by atoms with Crippen LogP contribution in [-0.2, 0) is 16.2 Å². The van der Waals surface area contributed by atoms with Gasteiger partial charge in [0.25, 0.3) is 0 Å². The summed E-state index contributed by atoms with van der Waals surface area (Å²) >= 11 is 0. The topological polar surface area (TPSA) is 58.2 Å². The molecule has 2 rings (SSSR count). The van der Waals surface area contributed by atoms with E-state index in [4.69, 9.17) is 0 Å². The molecule has 0 unspecified atom stereocenters. The average Bonchev–Trinajstić information content (AvgIpc) is 3.17. The summed E-state index contributed by atoms with van der Waals surface area (Å²) in [5, 5.41) is 3.16. The quantitative estimate of drug-likeness (QED) is 0.759.